The summed E-state index contributed by atoms with van der Waals surface area (Å²) in [6.45, 7) is 0.175. The molecule has 0 saturated heterocycles. The van der Waals surface area contributed by atoms with Gasteiger partial charge in [0.25, 0.3) is 0 Å². The molecule has 0 aliphatic rings. The Bertz CT molecular complexity index is 1320. The molecule has 0 bridgehead atoms. The molecule has 0 spiro atoms. The molecule has 0 atom stereocenters. The number of rotatable bonds is 8. The number of benzene rings is 4. The molecule has 0 aliphatic carbocycles. The Kier molecular flexibility index (Phi) is 6.86. The summed E-state index contributed by atoms with van der Waals surface area (Å²) in [5, 5.41) is 0. The molecule has 4 aromatic carbocycles. The molecule has 6 heteroatoms. The number of hydrogen-bond donors (Lipinski definition) is 0. The van der Waals surface area contributed by atoms with Crippen LogP contribution in [0, 0.1) is 0 Å². The zero-order chi connectivity index (χ0) is 23.1. The van der Waals surface area contributed by atoms with Crippen LogP contribution in [-0.4, -0.2) is 14.4 Å². The highest BCUT2D eigenvalue weighted by Gasteiger charge is 2.16. The molecule has 0 saturated carbocycles. The summed E-state index contributed by atoms with van der Waals surface area (Å²) in [7, 11) is -3.45. The third-order valence-electron chi connectivity index (χ3n) is 4.94. The highest BCUT2D eigenvalue weighted by atomic mass is 32.2. The van der Waals surface area contributed by atoms with Gasteiger partial charge in [-0.1, -0.05) is 72.8 Å². The van der Waals surface area contributed by atoms with Gasteiger partial charge in [0.05, 0.1) is 10.6 Å². The smallest absolute Gasteiger partial charge is 0.347 e. The largest absolute Gasteiger partial charge is 0.488 e. The van der Waals surface area contributed by atoms with Crippen molar-refractivity contribution in [3.8, 4) is 11.5 Å². The lowest BCUT2D eigenvalue weighted by atomic mass is 10.2. The number of esters is 1. The molecular weight excluding hydrogens is 436 g/mol. The molecule has 0 unspecified atom stereocenters. The van der Waals surface area contributed by atoms with Gasteiger partial charge in [-0.05, 0) is 47.5 Å². The van der Waals surface area contributed by atoms with E-state index in [2.05, 4.69) is 0 Å². The van der Waals surface area contributed by atoms with Gasteiger partial charge in [-0.25, -0.2) is 13.2 Å². The van der Waals surface area contributed by atoms with E-state index in [1.165, 1.54) is 0 Å². The van der Waals surface area contributed by atoms with E-state index in [9.17, 15) is 13.2 Å². The second-order valence-corrected chi connectivity index (χ2v) is 9.37. The maximum absolute atomic E-state index is 12.7. The zero-order valence-electron chi connectivity index (χ0n) is 17.8. The Balaban J connectivity index is 1.42. The van der Waals surface area contributed by atoms with Crippen molar-refractivity contribution in [1.82, 2.24) is 0 Å². The van der Waals surface area contributed by atoms with Crippen molar-refractivity contribution in [3.63, 3.8) is 0 Å². The molecule has 4 rings (SSSR count). The van der Waals surface area contributed by atoms with Gasteiger partial charge in [-0.3, -0.25) is 0 Å². The number of hydrogen-bond acceptors (Lipinski definition) is 5. The first-order valence-electron chi connectivity index (χ1n) is 10.4. The van der Waals surface area contributed by atoms with Crippen molar-refractivity contribution in [2.75, 3.05) is 0 Å². The van der Waals surface area contributed by atoms with E-state index < -0.39 is 15.8 Å². The molecule has 0 fully saturated rings. The van der Waals surface area contributed by atoms with Gasteiger partial charge in [0.1, 0.15) is 23.7 Å². The summed E-state index contributed by atoms with van der Waals surface area (Å²) in [5.41, 5.74) is 1.83. The molecule has 166 valence electrons. The minimum atomic E-state index is -3.45. The highest BCUT2D eigenvalue weighted by molar-refractivity contribution is 7.90. The minimum absolute atomic E-state index is 0.0550. The lowest BCUT2D eigenvalue weighted by Gasteiger charge is -2.12. The molecular formula is C27H22O5S. The normalized spacial score (nSPS) is 11.0. The molecule has 0 amide bonds. The van der Waals surface area contributed by atoms with Gasteiger partial charge in [0.15, 0.2) is 9.84 Å². The first-order chi connectivity index (χ1) is 16.0. The van der Waals surface area contributed by atoms with Crippen LogP contribution in [0.1, 0.15) is 21.5 Å². The first kappa shape index (κ1) is 22.3. The Morgan fingerprint density at radius 2 is 1.27 bits per heavy atom. The first-order valence-corrected chi connectivity index (χ1v) is 12.0. The summed E-state index contributed by atoms with van der Waals surface area (Å²) in [6, 6.07) is 31.3. The van der Waals surface area contributed by atoms with E-state index in [1.54, 1.807) is 84.9 Å². The van der Waals surface area contributed by atoms with E-state index in [4.69, 9.17) is 9.47 Å². The van der Waals surface area contributed by atoms with Gasteiger partial charge in [0.2, 0.25) is 0 Å². The third-order valence-corrected chi connectivity index (χ3v) is 6.64. The zero-order valence-corrected chi connectivity index (χ0v) is 18.6. The topological polar surface area (TPSA) is 69.7 Å². The Labute approximate surface area is 193 Å². The second kappa shape index (κ2) is 10.1. The van der Waals surface area contributed by atoms with Crippen LogP contribution in [0.5, 0.6) is 11.5 Å². The third kappa shape index (κ3) is 5.87. The van der Waals surface area contributed by atoms with Crippen LogP contribution in [0.3, 0.4) is 0 Å². The lowest BCUT2D eigenvalue weighted by molar-refractivity contribution is 0.0729. The predicted molar refractivity (Wildman–Crippen MR) is 126 cm³/mol. The number of para-hydroxylation sites is 2. The van der Waals surface area contributed by atoms with Gasteiger partial charge in [-0.15, -0.1) is 0 Å². The lowest BCUT2D eigenvalue weighted by Crippen LogP contribution is -2.11. The Hall–Kier alpha value is -3.90. The molecule has 0 aromatic heterocycles. The summed E-state index contributed by atoms with van der Waals surface area (Å²) in [5.74, 6) is 0.267. The molecule has 4 aromatic rings. The van der Waals surface area contributed by atoms with E-state index >= 15 is 0 Å². The fourth-order valence-electron chi connectivity index (χ4n) is 3.24. The monoisotopic (exact) mass is 458 g/mol. The molecule has 0 radical (unpaired) electrons. The van der Waals surface area contributed by atoms with Gasteiger partial charge in [0, 0.05) is 0 Å². The van der Waals surface area contributed by atoms with E-state index in [0.717, 1.165) is 11.1 Å². The van der Waals surface area contributed by atoms with Crippen molar-refractivity contribution in [2.24, 2.45) is 0 Å². The maximum Gasteiger partial charge on any atom is 0.347 e. The highest BCUT2D eigenvalue weighted by Crippen LogP contribution is 2.23. The number of ether oxygens (including phenoxy) is 2. The molecule has 0 aliphatic heterocycles. The molecule has 5 nitrogen and oxygen atoms in total. The maximum atomic E-state index is 12.7. The van der Waals surface area contributed by atoms with Crippen molar-refractivity contribution < 1.29 is 22.7 Å². The number of carbonyl (C=O) groups excluding carboxylic acids is 1. The fourth-order valence-corrected chi connectivity index (χ4v) is 4.59. The van der Waals surface area contributed by atoms with Crippen LogP contribution in [-0.2, 0) is 22.2 Å². The van der Waals surface area contributed by atoms with Crippen molar-refractivity contribution in [1.29, 1.82) is 0 Å². The quantitative estimate of drug-likeness (QED) is 0.259. The van der Waals surface area contributed by atoms with E-state index in [-0.39, 0.29) is 17.3 Å². The SMILES string of the molecule is O=C(Oc1ccccc1)c1ccccc1OCc1ccc(S(=O)(=O)Cc2ccccc2)cc1. The molecule has 33 heavy (non-hydrogen) atoms. The second-order valence-electron chi connectivity index (χ2n) is 7.38. The Morgan fingerprint density at radius 1 is 0.667 bits per heavy atom. The van der Waals surface area contributed by atoms with Crippen molar-refractivity contribution >= 4 is 15.8 Å². The van der Waals surface area contributed by atoms with Crippen LogP contribution < -0.4 is 9.47 Å². The van der Waals surface area contributed by atoms with Crippen molar-refractivity contribution in [2.45, 2.75) is 17.3 Å². The summed E-state index contributed by atoms with van der Waals surface area (Å²) < 4.78 is 36.6. The van der Waals surface area contributed by atoms with Crippen LogP contribution >= 0.6 is 0 Å². The average Bonchev–Trinajstić information content (AvgIpc) is 2.84. The summed E-state index contributed by atoms with van der Waals surface area (Å²) in [6.07, 6.45) is 0. The van der Waals surface area contributed by atoms with Crippen LogP contribution in [0.25, 0.3) is 0 Å². The summed E-state index contributed by atoms with van der Waals surface area (Å²) >= 11 is 0. The summed E-state index contributed by atoms with van der Waals surface area (Å²) in [4.78, 5) is 12.8. The van der Waals surface area contributed by atoms with Crippen LogP contribution in [0.2, 0.25) is 0 Å². The number of carbonyl (C=O) groups is 1. The van der Waals surface area contributed by atoms with Crippen LogP contribution in [0.4, 0.5) is 0 Å². The number of sulfone groups is 1. The fraction of sp³-hybridized carbons (Fsp3) is 0.0741. The van der Waals surface area contributed by atoms with E-state index in [0.29, 0.717) is 17.1 Å². The Morgan fingerprint density at radius 3 is 1.97 bits per heavy atom. The van der Waals surface area contributed by atoms with E-state index in [1.807, 2.05) is 24.3 Å². The average molecular weight is 459 g/mol. The van der Waals surface area contributed by atoms with Gasteiger partial charge < -0.3 is 9.47 Å². The van der Waals surface area contributed by atoms with Gasteiger partial charge >= 0.3 is 5.97 Å². The van der Waals surface area contributed by atoms with Crippen molar-refractivity contribution in [3.05, 3.63) is 126 Å². The van der Waals surface area contributed by atoms with Gasteiger partial charge in [-0.2, -0.15) is 0 Å². The predicted octanol–water partition coefficient (Wildman–Crippen LogP) is 5.46. The standard InChI is InChI=1S/C27H22O5S/c28-27(32-23-11-5-2-6-12-23)25-13-7-8-14-26(25)31-19-21-15-17-24(18-16-21)33(29,30)20-22-9-3-1-4-10-22/h1-18H,19-20H2. The van der Waals surface area contributed by atoms with Crippen LogP contribution in [0.15, 0.2) is 114 Å². The minimum Gasteiger partial charge on any atom is -0.488 e. The molecule has 0 N–H and O–H groups in total. The molecule has 0 heterocycles.